The van der Waals surface area contributed by atoms with Gasteiger partial charge >= 0.3 is 0 Å². The van der Waals surface area contributed by atoms with Crippen LogP contribution in [0.3, 0.4) is 0 Å². The third-order valence-corrected chi connectivity index (χ3v) is 3.75. The van der Waals surface area contributed by atoms with E-state index in [1.54, 1.807) is 6.07 Å². The van der Waals surface area contributed by atoms with Crippen LogP contribution in [-0.2, 0) is 6.42 Å². The highest BCUT2D eigenvalue weighted by Gasteiger charge is 2.13. The van der Waals surface area contributed by atoms with E-state index in [0.717, 1.165) is 6.07 Å². The lowest BCUT2D eigenvalue weighted by atomic mass is 10.0. The standard InChI is InChI=1S/C18H14F3NO/c1-2-3-13-15(20)7-11(8-16(13)23)12-6-10-4-5-14(19)17(21)18(10)22-9-12/h4-9,23H,2-3H2,1H3. The van der Waals surface area contributed by atoms with E-state index in [-0.39, 0.29) is 16.8 Å². The number of hydrogen-bond donors (Lipinski definition) is 1. The van der Waals surface area contributed by atoms with Gasteiger partial charge in [-0.1, -0.05) is 13.3 Å². The number of halogens is 3. The summed E-state index contributed by atoms with van der Waals surface area (Å²) in [7, 11) is 0. The minimum Gasteiger partial charge on any atom is -0.508 e. The van der Waals surface area contributed by atoms with Gasteiger partial charge in [0.25, 0.3) is 0 Å². The van der Waals surface area contributed by atoms with Gasteiger partial charge in [0.15, 0.2) is 11.6 Å². The van der Waals surface area contributed by atoms with Gasteiger partial charge in [0.2, 0.25) is 0 Å². The molecule has 0 radical (unpaired) electrons. The third-order valence-electron chi connectivity index (χ3n) is 3.75. The first-order chi connectivity index (χ1) is 11.0. The predicted molar refractivity (Wildman–Crippen MR) is 82.7 cm³/mol. The van der Waals surface area contributed by atoms with Crippen LogP contribution in [0.25, 0.3) is 22.0 Å². The topological polar surface area (TPSA) is 33.1 Å². The molecule has 1 aromatic heterocycles. The molecule has 2 aromatic carbocycles. The third kappa shape index (κ3) is 2.74. The average molecular weight is 317 g/mol. The van der Waals surface area contributed by atoms with Crippen molar-refractivity contribution in [3.63, 3.8) is 0 Å². The average Bonchev–Trinajstić information content (AvgIpc) is 2.54. The van der Waals surface area contributed by atoms with Crippen molar-refractivity contribution in [1.82, 2.24) is 4.98 Å². The SMILES string of the molecule is CCCc1c(O)cc(-c2cnc3c(F)c(F)ccc3c2)cc1F. The zero-order valence-electron chi connectivity index (χ0n) is 12.4. The van der Waals surface area contributed by atoms with Crippen molar-refractivity contribution in [2.24, 2.45) is 0 Å². The Bertz CT molecular complexity index is 870. The fraction of sp³-hybridized carbons (Fsp3) is 0.167. The van der Waals surface area contributed by atoms with Crippen molar-refractivity contribution >= 4 is 10.9 Å². The maximum atomic E-state index is 14.1. The first-order valence-electron chi connectivity index (χ1n) is 7.26. The van der Waals surface area contributed by atoms with Gasteiger partial charge in [-0.3, -0.25) is 4.98 Å². The van der Waals surface area contributed by atoms with Crippen molar-refractivity contribution in [3.05, 3.63) is 59.5 Å². The second-order valence-corrected chi connectivity index (χ2v) is 5.36. The van der Waals surface area contributed by atoms with Crippen LogP contribution in [0.1, 0.15) is 18.9 Å². The molecule has 1 heterocycles. The number of aromatic hydroxyl groups is 1. The van der Waals surface area contributed by atoms with E-state index < -0.39 is 17.5 Å². The molecule has 0 atom stereocenters. The highest BCUT2D eigenvalue weighted by Crippen LogP contribution is 2.31. The van der Waals surface area contributed by atoms with Crippen LogP contribution in [0.5, 0.6) is 5.75 Å². The Labute approximate surface area is 131 Å². The molecule has 2 nitrogen and oxygen atoms in total. The predicted octanol–water partition coefficient (Wildman–Crippen LogP) is 4.98. The van der Waals surface area contributed by atoms with E-state index in [9.17, 15) is 18.3 Å². The highest BCUT2D eigenvalue weighted by molar-refractivity contribution is 5.84. The molecule has 5 heteroatoms. The molecule has 118 valence electrons. The van der Waals surface area contributed by atoms with Gasteiger partial charge in [-0.25, -0.2) is 13.2 Å². The first kappa shape index (κ1) is 15.3. The lowest BCUT2D eigenvalue weighted by Gasteiger charge is -2.09. The minimum atomic E-state index is -1.01. The second kappa shape index (κ2) is 5.91. The fourth-order valence-electron chi connectivity index (χ4n) is 2.59. The molecule has 0 amide bonds. The van der Waals surface area contributed by atoms with E-state index >= 15 is 0 Å². The molecule has 0 aliphatic heterocycles. The molecule has 0 aliphatic carbocycles. The van der Waals surface area contributed by atoms with Crippen LogP contribution >= 0.6 is 0 Å². The summed E-state index contributed by atoms with van der Waals surface area (Å²) in [4.78, 5) is 3.92. The zero-order chi connectivity index (χ0) is 16.6. The Morgan fingerprint density at radius 2 is 1.78 bits per heavy atom. The van der Waals surface area contributed by atoms with Gasteiger partial charge in [-0.2, -0.15) is 0 Å². The Morgan fingerprint density at radius 3 is 2.48 bits per heavy atom. The molecule has 0 saturated carbocycles. The summed E-state index contributed by atoms with van der Waals surface area (Å²) in [6, 6.07) is 6.78. The lowest BCUT2D eigenvalue weighted by Crippen LogP contribution is -1.94. The Kier molecular flexibility index (Phi) is 3.94. The summed E-state index contributed by atoms with van der Waals surface area (Å²) in [5.41, 5.74) is 1.14. The number of phenols is 1. The van der Waals surface area contributed by atoms with Crippen molar-refractivity contribution in [1.29, 1.82) is 0 Å². The van der Waals surface area contributed by atoms with Crippen LogP contribution in [0.15, 0.2) is 36.5 Å². The van der Waals surface area contributed by atoms with Gasteiger partial charge in [-0.15, -0.1) is 0 Å². The van der Waals surface area contributed by atoms with Gasteiger partial charge in [0.05, 0.1) is 0 Å². The molecule has 0 aliphatic rings. The molecule has 0 unspecified atom stereocenters. The number of phenolic OH excluding ortho intramolecular Hbond substituents is 1. The van der Waals surface area contributed by atoms with Crippen molar-refractivity contribution in [3.8, 4) is 16.9 Å². The van der Waals surface area contributed by atoms with Gasteiger partial charge < -0.3 is 5.11 Å². The quantitative estimate of drug-likeness (QED) is 0.739. The van der Waals surface area contributed by atoms with Gasteiger partial charge in [0.1, 0.15) is 17.1 Å². The van der Waals surface area contributed by atoms with Crippen molar-refractivity contribution in [2.45, 2.75) is 19.8 Å². The maximum absolute atomic E-state index is 14.1. The highest BCUT2D eigenvalue weighted by atomic mass is 19.2. The number of hydrogen-bond acceptors (Lipinski definition) is 2. The molecule has 0 saturated heterocycles. The molecule has 1 N–H and O–H groups in total. The van der Waals surface area contributed by atoms with Crippen molar-refractivity contribution in [2.75, 3.05) is 0 Å². The Morgan fingerprint density at radius 1 is 1.00 bits per heavy atom. The first-order valence-corrected chi connectivity index (χ1v) is 7.26. The zero-order valence-corrected chi connectivity index (χ0v) is 12.4. The molecular weight excluding hydrogens is 303 g/mol. The Balaban J connectivity index is 2.12. The summed E-state index contributed by atoms with van der Waals surface area (Å²) < 4.78 is 41.0. The number of fused-ring (bicyclic) bond motifs is 1. The largest absolute Gasteiger partial charge is 0.508 e. The smallest absolute Gasteiger partial charge is 0.184 e. The molecule has 0 spiro atoms. The van der Waals surface area contributed by atoms with E-state index in [4.69, 9.17) is 0 Å². The lowest BCUT2D eigenvalue weighted by molar-refractivity contribution is 0.458. The summed E-state index contributed by atoms with van der Waals surface area (Å²) in [5.74, 6) is -2.59. The van der Waals surface area contributed by atoms with Crippen LogP contribution in [-0.4, -0.2) is 10.1 Å². The van der Waals surface area contributed by atoms with E-state index in [1.165, 1.54) is 24.4 Å². The molecule has 0 fully saturated rings. The molecular formula is C18H14F3NO. The number of pyridine rings is 1. The summed E-state index contributed by atoms with van der Waals surface area (Å²) in [5, 5.41) is 10.4. The number of rotatable bonds is 3. The van der Waals surface area contributed by atoms with Gasteiger partial charge in [-0.05, 0) is 42.3 Å². The van der Waals surface area contributed by atoms with Gasteiger partial charge in [0, 0.05) is 22.7 Å². The number of aromatic nitrogens is 1. The number of benzene rings is 2. The van der Waals surface area contributed by atoms with Crippen LogP contribution in [0.2, 0.25) is 0 Å². The summed E-state index contributed by atoms with van der Waals surface area (Å²) in [6.45, 7) is 1.90. The molecule has 0 bridgehead atoms. The minimum absolute atomic E-state index is 0.0824. The Hall–Kier alpha value is -2.56. The summed E-state index contributed by atoms with van der Waals surface area (Å²) >= 11 is 0. The summed E-state index contributed by atoms with van der Waals surface area (Å²) in [6.07, 6.45) is 2.49. The number of nitrogens with zero attached hydrogens (tertiary/aromatic N) is 1. The van der Waals surface area contributed by atoms with Crippen LogP contribution in [0, 0.1) is 17.5 Å². The molecule has 23 heavy (non-hydrogen) atoms. The van der Waals surface area contributed by atoms with E-state index in [1.807, 2.05) is 6.92 Å². The fourth-order valence-corrected chi connectivity index (χ4v) is 2.59. The monoisotopic (exact) mass is 317 g/mol. The normalized spacial score (nSPS) is 11.1. The second-order valence-electron chi connectivity index (χ2n) is 5.36. The van der Waals surface area contributed by atoms with Crippen LogP contribution in [0.4, 0.5) is 13.2 Å². The van der Waals surface area contributed by atoms with Crippen molar-refractivity contribution < 1.29 is 18.3 Å². The van der Waals surface area contributed by atoms with E-state index in [2.05, 4.69) is 4.98 Å². The maximum Gasteiger partial charge on any atom is 0.184 e. The van der Waals surface area contributed by atoms with Crippen LogP contribution < -0.4 is 0 Å². The molecule has 3 rings (SSSR count). The molecule has 3 aromatic rings. The van der Waals surface area contributed by atoms with E-state index in [0.29, 0.717) is 29.4 Å².